The molecule has 1 amide bonds. The highest BCUT2D eigenvalue weighted by Gasteiger charge is 2.23. The Morgan fingerprint density at radius 1 is 0.917 bits per heavy atom. The monoisotopic (exact) mass is 485 g/mol. The number of nitrogens with zero attached hydrogens (tertiary/aromatic N) is 1. The molecule has 0 radical (unpaired) electrons. The summed E-state index contributed by atoms with van der Waals surface area (Å²) in [6.07, 6.45) is 6.87. The van der Waals surface area contributed by atoms with Gasteiger partial charge >= 0.3 is 0 Å². The van der Waals surface area contributed by atoms with E-state index in [0.29, 0.717) is 25.2 Å². The molecule has 2 aromatic carbocycles. The van der Waals surface area contributed by atoms with E-state index in [0.717, 1.165) is 34.8 Å². The predicted octanol–water partition coefficient (Wildman–Crippen LogP) is 4.32. The van der Waals surface area contributed by atoms with Crippen LogP contribution in [-0.4, -0.2) is 51.1 Å². The maximum absolute atomic E-state index is 12.3. The number of amides is 1. The average molecular weight is 486 g/mol. The first-order valence-electron chi connectivity index (χ1n) is 12.3. The van der Waals surface area contributed by atoms with E-state index in [4.69, 9.17) is 16.6 Å². The Morgan fingerprint density at radius 3 is 2.06 bits per heavy atom. The zero-order valence-electron chi connectivity index (χ0n) is 20.9. The lowest BCUT2D eigenvalue weighted by Gasteiger charge is -2.27. The van der Waals surface area contributed by atoms with Gasteiger partial charge in [0.05, 0.1) is 12.1 Å². The SMILES string of the molecule is CC(C)(N)C(=O)NCC(=N)N(CCc1c[nH]c2ccccc12)C(=N)CCCc1c[nH]c2ccccc12. The van der Waals surface area contributed by atoms with Crippen LogP contribution in [0.25, 0.3) is 21.8 Å². The van der Waals surface area contributed by atoms with Gasteiger partial charge in [0.25, 0.3) is 0 Å². The van der Waals surface area contributed by atoms with Crippen molar-refractivity contribution < 1.29 is 4.79 Å². The van der Waals surface area contributed by atoms with Crippen LogP contribution in [0.15, 0.2) is 60.9 Å². The summed E-state index contributed by atoms with van der Waals surface area (Å²) >= 11 is 0. The van der Waals surface area contributed by atoms with E-state index in [1.165, 1.54) is 10.9 Å². The van der Waals surface area contributed by atoms with Crippen molar-refractivity contribution in [1.29, 1.82) is 10.8 Å². The molecule has 0 aliphatic rings. The Labute approximate surface area is 211 Å². The molecular weight excluding hydrogens is 450 g/mol. The number of aryl methyl sites for hydroxylation is 1. The first-order valence-corrected chi connectivity index (χ1v) is 12.3. The molecule has 2 aromatic heterocycles. The summed E-state index contributed by atoms with van der Waals surface area (Å²) in [7, 11) is 0. The van der Waals surface area contributed by atoms with Crippen molar-refractivity contribution in [1.82, 2.24) is 20.2 Å². The minimum absolute atomic E-state index is 0.0260. The van der Waals surface area contributed by atoms with Gasteiger partial charge in [0.15, 0.2) is 0 Å². The lowest BCUT2D eigenvalue weighted by Crippen LogP contribution is -2.52. The molecule has 4 aromatic rings. The van der Waals surface area contributed by atoms with Crippen LogP contribution >= 0.6 is 0 Å². The van der Waals surface area contributed by atoms with Crippen LogP contribution in [0, 0.1) is 10.8 Å². The third-order valence-electron chi connectivity index (χ3n) is 6.47. The fraction of sp³-hybridized carbons (Fsp3) is 0.321. The first-order chi connectivity index (χ1) is 17.2. The lowest BCUT2D eigenvalue weighted by atomic mass is 10.1. The molecule has 2 heterocycles. The van der Waals surface area contributed by atoms with Crippen molar-refractivity contribution in [3.8, 4) is 0 Å². The van der Waals surface area contributed by atoms with Crippen LogP contribution in [0.4, 0.5) is 0 Å². The highest BCUT2D eigenvalue weighted by molar-refractivity contribution is 6.00. The lowest BCUT2D eigenvalue weighted by molar-refractivity contribution is -0.124. The molecule has 0 saturated carbocycles. The molecule has 0 atom stereocenters. The van der Waals surface area contributed by atoms with E-state index in [-0.39, 0.29) is 18.3 Å². The molecule has 8 heteroatoms. The Morgan fingerprint density at radius 2 is 1.47 bits per heavy atom. The van der Waals surface area contributed by atoms with Crippen LogP contribution in [0.1, 0.15) is 37.8 Å². The van der Waals surface area contributed by atoms with Gasteiger partial charge in [-0.1, -0.05) is 36.4 Å². The number of rotatable bonds is 10. The Hall–Kier alpha value is -3.91. The second-order valence-corrected chi connectivity index (χ2v) is 9.77. The minimum Gasteiger partial charge on any atom is -0.361 e. The molecule has 0 aliphatic carbocycles. The van der Waals surface area contributed by atoms with Gasteiger partial charge in [-0.25, -0.2) is 0 Å². The normalized spacial score (nSPS) is 11.6. The van der Waals surface area contributed by atoms with Gasteiger partial charge in [-0.15, -0.1) is 0 Å². The molecule has 0 spiro atoms. The van der Waals surface area contributed by atoms with E-state index in [9.17, 15) is 4.79 Å². The Balaban J connectivity index is 1.42. The molecule has 0 bridgehead atoms. The zero-order valence-corrected chi connectivity index (χ0v) is 20.9. The molecule has 4 rings (SSSR count). The van der Waals surface area contributed by atoms with Crippen molar-refractivity contribution in [2.24, 2.45) is 5.73 Å². The minimum atomic E-state index is -1.03. The second kappa shape index (κ2) is 10.8. The maximum atomic E-state index is 12.3. The number of carbonyl (C=O) groups is 1. The largest absolute Gasteiger partial charge is 0.361 e. The van der Waals surface area contributed by atoms with Gasteiger partial charge in [-0.05, 0) is 56.4 Å². The highest BCUT2D eigenvalue weighted by Crippen LogP contribution is 2.21. The number of fused-ring (bicyclic) bond motifs is 2. The third kappa shape index (κ3) is 5.83. The number of para-hydroxylation sites is 2. The van der Waals surface area contributed by atoms with E-state index >= 15 is 0 Å². The average Bonchev–Trinajstić information content (AvgIpc) is 3.46. The van der Waals surface area contributed by atoms with Crippen molar-refractivity contribution in [3.63, 3.8) is 0 Å². The van der Waals surface area contributed by atoms with Crippen LogP contribution in [0.2, 0.25) is 0 Å². The molecule has 0 saturated heterocycles. The Kier molecular flexibility index (Phi) is 7.55. The summed E-state index contributed by atoms with van der Waals surface area (Å²) in [4.78, 5) is 20.6. The third-order valence-corrected chi connectivity index (χ3v) is 6.47. The molecule has 0 fully saturated rings. The summed E-state index contributed by atoms with van der Waals surface area (Å²) in [6.45, 7) is 3.77. The summed E-state index contributed by atoms with van der Waals surface area (Å²) < 4.78 is 0. The zero-order chi connectivity index (χ0) is 25.7. The second-order valence-electron chi connectivity index (χ2n) is 9.77. The van der Waals surface area contributed by atoms with Crippen molar-refractivity contribution in [3.05, 3.63) is 72.1 Å². The Bertz CT molecular complexity index is 1380. The number of nitrogens with two attached hydrogens (primary N) is 1. The highest BCUT2D eigenvalue weighted by atomic mass is 16.2. The van der Waals surface area contributed by atoms with Crippen LogP contribution in [0.3, 0.4) is 0 Å². The molecule has 36 heavy (non-hydrogen) atoms. The number of H-pyrrole nitrogens is 2. The number of benzene rings is 2. The fourth-order valence-corrected chi connectivity index (χ4v) is 4.41. The number of aromatic amines is 2. The van der Waals surface area contributed by atoms with Crippen molar-refractivity contribution in [2.75, 3.05) is 13.1 Å². The predicted molar refractivity (Wildman–Crippen MR) is 147 cm³/mol. The number of nitrogens with one attached hydrogen (secondary N) is 5. The summed E-state index contributed by atoms with van der Waals surface area (Å²) in [5.74, 6) is 0.236. The number of amidine groups is 2. The van der Waals surface area contributed by atoms with Crippen molar-refractivity contribution >= 4 is 39.4 Å². The van der Waals surface area contributed by atoms with E-state index in [2.05, 4.69) is 33.5 Å². The number of carbonyl (C=O) groups excluding carboxylic acids is 1. The molecule has 188 valence electrons. The molecule has 0 aliphatic heterocycles. The smallest absolute Gasteiger partial charge is 0.239 e. The summed E-state index contributed by atoms with van der Waals surface area (Å²) in [5, 5.41) is 22.6. The maximum Gasteiger partial charge on any atom is 0.239 e. The van der Waals surface area contributed by atoms with Crippen LogP contribution in [-0.2, 0) is 17.6 Å². The van der Waals surface area contributed by atoms with Crippen LogP contribution in [0.5, 0.6) is 0 Å². The molecule has 0 unspecified atom stereocenters. The molecule has 8 nitrogen and oxygen atoms in total. The molecular formula is C28H35N7O. The number of hydrogen-bond acceptors (Lipinski definition) is 4. The van der Waals surface area contributed by atoms with Crippen molar-refractivity contribution in [2.45, 2.75) is 45.1 Å². The van der Waals surface area contributed by atoms with E-state index in [1.54, 1.807) is 18.7 Å². The summed E-state index contributed by atoms with van der Waals surface area (Å²) in [6, 6.07) is 16.3. The van der Waals surface area contributed by atoms with Gasteiger partial charge in [0.2, 0.25) is 5.91 Å². The number of hydrogen-bond donors (Lipinski definition) is 6. The van der Waals surface area contributed by atoms with Gasteiger partial charge in [-0.2, -0.15) is 0 Å². The van der Waals surface area contributed by atoms with Gasteiger partial charge in [0, 0.05) is 47.2 Å². The first kappa shape index (κ1) is 25.2. The number of aromatic nitrogens is 2. The quantitative estimate of drug-likeness (QED) is 0.147. The molecule has 7 N–H and O–H groups in total. The van der Waals surface area contributed by atoms with Gasteiger partial charge in [0.1, 0.15) is 11.7 Å². The fourth-order valence-electron chi connectivity index (χ4n) is 4.41. The van der Waals surface area contributed by atoms with E-state index < -0.39 is 5.54 Å². The van der Waals surface area contributed by atoms with Crippen LogP contribution < -0.4 is 11.1 Å². The van der Waals surface area contributed by atoms with Gasteiger partial charge < -0.3 is 25.9 Å². The van der Waals surface area contributed by atoms with Gasteiger partial charge in [-0.3, -0.25) is 15.6 Å². The van der Waals surface area contributed by atoms with E-state index in [1.807, 2.05) is 42.7 Å². The standard InChI is InChI=1S/C28H35N7O/c1-28(2,31)27(36)34-18-26(30)35(15-14-20-17-33-24-12-6-4-10-22(20)24)25(29)13-7-8-19-16-32-23-11-5-3-9-21(19)23/h3-6,9-12,16-17,29-30,32-33H,7-8,13-15,18,31H2,1-2H3,(H,34,36). The summed E-state index contributed by atoms with van der Waals surface area (Å²) in [5.41, 5.74) is 9.42. The topological polar surface area (TPSA) is 138 Å².